The van der Waals surface area contributed by atoms with E-state index in [4.69, 9.17) is 9.72 Å². The minimum atomic E-state index is -0.698. The van der Waals surface area contributed by atoms with Crippen LogP contribution in [0.3, 0.4) is 0 Å². The summed E-state index contributed by atoms with van der Waals surface area (Å²) in [6.45, 7) is 4.36. The van der Waals surface area contributed by atoms with Crippen molar-refractivity contribution >= 4 is 33.1 Å². The Bertz CT molecular complexity index is 1500. The Morgan fingerprint density at radius 3 is 2.47 bits per heavy atom. The zero-order valence-electron chi connectivity index (χ0n) is 21.6. The van der Waals surface area contributed by atoms with E-state index >= 15 is 0 Å². The van der Waals surface area contributed by atoms with Crippen molar-refractivity contribution in [2.45, 2.75) is 58.0 Å². The zero-order valence-corrected chi connectivity index (χ0v) is 22.4. The molecule has 1 aliphatic heterocycles. The van der Waals surface area contributed by atoms with E-state index in [-0.39, 0.29) is 11.5 Å². The molecular formula is C30H32N4O3S. The number of fused-ring (bicyclic) bond motifs is 3. The molecule has 1 aliphatic carbocycles. The first-order valence-corrected chi connectivity index (χ1v) is 14.3. The highest BCUT2D eigenvalue weighted by atomic mass is 32.1. The van der Waals surface area contributed by atoms with Crippen LogP contribution in [0.15, 0.2) is 59.4 Å². The van der Waals surface area contributed by atoms with E-state index < -0.39 is 6.04 Å². The van der Waals surface area contributed by atoms with Crippen LogP contribution < -0.4 is 15.6 Å². The predicted octanol–water partition coefficient (Wildman–Crippen LogP) is 5.92. The van der Waals surface area contributed by atoms with Gasteiger partial charge in [0, 0.05) is 10.6 Å². The Kier molecular flexibility index (Phi) is 7.00. The number of carbonyl (C=O) groups excluding carboxylic acids is 1. The molecule has 2 aromatic heterocycles. The lowest BCUT2D eigenvalue weighted by molar-refractivity contribution is -0.119. The van der Waals surface area contributed by atoms with E-state index in [9.17, 15) is 9.59 Å². The van der Waals surface area contributed by atoms with Crippen LogP contribution in [0.4, 0.5) is 5.69 Å². The maximum absolute atomic E-state index is 14.0. The average molecular weight is 529 g/mol. The Labute approximate surface area is 226 Å². The number of likely N-dealkylation sites (tertiary alicyclic amines) is 1. The minimum Gasteiger partial charge on any atom is -0.457 e. The fraction of sp³-hybridized carbons (Fsp3) is 0.367. The summed E-state index contributed by atoms with van der Waals surface area (Å²) < 4.78 is 7.50. The first kappa shape index (κ1) is 24.8. The number of thiophene rings is 1. The van der Waals surface area contributed by atoms with Gasteiger partial charge in [-0.1, -0.05) is 18.2 Å². The molecule has 38 heavy (non-hydrogen) atoms. The van der Waals surface area contributed by atoms with Crippen molar-refractivity contribution in [1.82, 2.24) is 14.5 Å². The topological polar surface area (TPSA) is 76.5 Å². The lowest BCUT2D eigenvalue weighted by Gasteiger charge is -2.22. The summed E-state index contributed by atoms with van der Waals surface area (Å²) >= 11 is 1.66. The fourth-order valence-corrected chi connectivity index (χ4v) is 6.78. The van der Waals surface area contributed by atoms with E-state index in [0.29, 0.717) is 23.8 Å². The number of ether oxygens (including phenoxy) is 1. The molecule has 1 saturated heterocycles. The van der Waals surface area contributed by atoms with E-state index in [0.717, 1.165) is 73.1 Å². The van der Waals surface area contributed by atoms with Crippen LogP contribution in [0.2, 0.25) is 0 Å². The molecule has 6 rings (SSSR count). The zero-order chi connectivity index (χ0) is 26.1. The third-order valence-corrected chi connectivity index (χ3v) is 8.71. The number of aromatic nitrogens is 2. The van der Waals surface area contributed by atoms with Crippen LogP contribution in [0, 0.1) is 0 Å². The molecule has 1 unspecified atom stereocenters. The first-order chi connectivity index (χ1) is 18.6. The van der Waals surface area contributed by atoms with Gasteiger partial charge in [-0.2, -0.15) is 0 Å². The molecule has 0 bridgehead atoms. The van der Waals surface area contributed by atoms with Gasteiger partial charge in [0.15, 0.2) is 0 Å². The molecule has 8 heteroatoms. The van der Waals surface area contributed by atoms with Crippen LogP contribution in [0.5, 0.6) is 11.5 Å². The first-order valence-electron chi connectivity index (χ1n) is 13.5. The van der Waals surface area contributed by atoms with Crippen LogP contribution in [-0.4, -0.2) is 33.4 Å². The molecule has 4 aromatic rings. The number of anilines is 1. The highest BCUT2D eigenvalue weighted by Crippen LogP contribution is 2.34. The molecule has 1 fully saturated rings. The molecule has 1 amide bonds. The van der Waals surface area contributed by atoms with Gasteiger partial charge in [-0.15, -0.1) is 11.3 Å². The van der Waals surface area contributed by atoms with Crippen molar-refractivity contribution in [2.75, 3.05) is 18.4 Å². The highest BCUT2D eigenvalue weighted by Gasteiger charge is 2.27. The van der Waals surface area contributed by atoms with Gasteiger partial charge >= 0.3 is 0 Å². The molecule has 2 aromatic carbocycles. The van der Waals surface area contributed by atoms with Gasteiger partial charge in [0.05, 0.1) is 11.9 Å². The van der Waals surface area contributed by atoms with Crippen molar-refractivity contribution in [2.24, 2.45) is 0 Å². The van der Waals surface area contributed by atoms with Crippen LogP contribution in [0.1, 0.15) is 54.9 Å². The van der Waals surface area contributed by atoms with E-state index in [1.54, 1.807) is 22.8 Å². The van der Waals surface area contributed by atoms with Crippen LogP contribution in [-0.2, 0) is 24.2 Å². The fourth-order valence-electron chi connectivity index (χ4n) is 5.51. The third-order valence-electron chi connectivity index (χ3n) is 7.53. The summed E-state index contributed by atoms with van der Waals surface area (Å²) in [7, 11) is 0. The highest BCUT2D eigenvalue weighted by molar-refractivity contribution is 7.18. The number of nitrogens with one attached hydrogen (secondary N) is 1. The van der Waals surface area contributed by atoms with Crippen molar-refractivity contribution in [3.63, 3.8) is 0 Å². The van der Waals surface area contributed by atoms with Crippen molar-refractivity contribution in [3.05, 3.63) is 81.2 Å². The Balaban J connectivity index is 1.28. The predicted molar refractivity (Wildman–Crippen MR) is 151 cm³/mol. The van der Waals surface area contributed by atoms with Gasteiger partial charge in [0.2, 0.25) is 5.91 Å². The third kappa shape index (κ3) is 4.98. The quantitative estimate of drug-likeness (QED) is 0.322. The molecule has 7 nitrogen and oxygen atoms in total. The molecule has 196 valence electrons. The maximum atomic E-state index is 14.0. The monoisotopic (exact) mass is 528 g/mol. The van der Waals surface area contributed by atoms with Crippen LogP contribution in [0.25, 0.3) is 10.2 Å². The SMILES string of the molecule is CC(C(=O)Nc1ccc(Oc2ccccc2)cc1)n1c(CN2CCCC2)nc2sc3c(c2c1=O)CCCC3. The number of amides is 1. The summed E-state index contributed by atoms with van der Waals surface area (Å²) in [6.07, 6.45) is 6.48. The van der Waals surface area contributed by atoms with Gasteiger partial charge < -0.3 is 10.1 Å². The second kappa shape index (κ2) is 10.7. The largest absolute Gasteiger partial charge is 0.457 e. The molecule has 3 heterocycles. The minimum absolute atomic E-state index is 0.0853. The van der Waals surface area contributed by atoms with Crippen LogP contribution >= 0.6 is 11.3 Å². The van der Waals surface area contributed by atoms with Gasteiger partial charge in [0.1, 0.15) is 28.2 Å². The number of hydrogen-bond acceptors (Lipinski definition) is 6. The average Bonchev–Trinajstić information content (AvgIpc) is 3.58. The van der Waals surface area contributed by atoms with E-state index in [1.165, 1.54) is 4.88 Å². The normalized spacial score (nSPS) is 16.3. The summed E-state index contributed by atoms with van der Waals surface area (Å²) in [6, 6.07) is 16.1. The van der Waals surface area contributed by atoms with Crippen molar-refractivity contribution < 1.29 is 9.53 Å². The molecule has 0 saturated carbocycles. The number of carbonyl (C=O) groups is 1. The number of nitrogens with zero attached hydrogens (tertiary/aromatic N) is 3. The molecule has 0 spiro atoms. The number of para-hydroxylation sites is 1. The van der Waals surface area contributed by atoms with Gasteiger partial charge in [-0.25, -0.2) is 4.98 Å². The van der Waals surface area contributed by atoms with E-state index in [2.05, 4.69) is 10.2 Å². The Morgan fingerprint density at radius 1 is 1.00 bits per heavy atom. The van der Waals surface area contributed by atoms with E-state index in [1.807, 2.05) is 54.6 Å². The lowest BCUT2D eigenvalue weighted by Crippen LogP contribution is -2.36. The summed E-state index contributed by atoms with van der Waals surface area (Å²) in [5.74, 6) is 1.87. The van der Waals surface area contributed by atoms with Gasteiger partial charge in [-0.3, -0.25) is 19.1 Å². The Hall–Kier alpha value is -3.49. The maximum Gasteiger partial charge on any atom is 0.263 e. The smallest absolute Gasteiger partial charge is 0.263 e. The number of hydrogen-bond donors (Lipinski definition) is 1. The standard InChI is InChI=1S/C30H32N4O3S/c1-20(28(35)31-21-13-15-23(16-14-21)37-22-9-3-2-4-10-22)34-26(19-33-17-7-8-18-33)32-29-27(30(34)36)24-11-5-6-12-25(24)38-29/h2-4,9-10,13-16,20H,5-8,11-12,17-19H2,1H3,(H,31,35). The molecule has 1 atom stereocenters. The summed E-state index contributed by atoms with van der Waals surface area (Å²) in [4.78, 5) is 36.9. The summed E-state index contributed by atoms with van der Waals surface area (Å²) in [5.41, 5.74) is 1.72. The van der Waals surface area contributed by atoms with Crippen molar-refractivity contribution in [3.8, 4) is 11.5 Å². The lowest BCUT2D eigenvalue weighted by atomic mass is 9.97. The van der Waals surface area contributed by atoms with Gasteiger partial charge in [0.25, 0.3) is 5.56 Å². The second-order valence-electron chi connectivity index (χ2n) is 10.2. The molecular weight excluding hydrogens is 496 g/mol. The molecule has 0 radical (unpaired) electrons. The number of rotatable bonds is 7. The molecule has 1 N–H and O–H groups in total. The van der Waals surface area contributed by atoms with Crippen molar-refractivity contribution in [1.29, 1.82) is 0 Å². The number of benzene rings is 2. The number of aryl methyl sites for hydroxylation is 2. The van der Waals surface area contributed by atoms with Gasteiger partial charge in [-0.05, 0) is 100 Å². The summed E-state index contributed by atoms with van der Waals surface area (Å²) in [5, 5.41) is 3.71. The Morgan fingerprint density at radius 2 is 1.71 bits per heavy atom. The second-order valence-corrected chi connectivity index (χ2v) is 11.3. The molecule has 2 aliphatic rings.